The molecule has 0 spiro atoms. The van der Waals surface area contributed by atoms with Gasteiger partial charge >= 0.3 is 5.97 Å². The van der Waals surface area contributed by atoms with Gasteiger partial charge in [0, 0.05) is 5.92 Å². The second-order valence-electron chi connectivity index (χ2n) is 3.90. The summed E-state index contributed by atoms with van der Waals surface area (Å²) in [5.41, 5.74) is 1.13. The highest BCUT2D eigenvalue weighted by Gasteiger charge is 2.43. The first-order valence-corrected chi connectivity index (χ1v) is 5.10. The number of hydrogen-bond donors (Lipinski definition) is 2. The van der Waals surface area contributed by atoms with Crippen molar-refractivity contribution < 1.29 is 24.5 Å². The van der Waals surface area contributed by atoms with E-state index in [2.05, 4.69) is 4.74 Å². The standard InChI is InChI=1S/C11H14O5/c1-15-10(13)8-5-16-11(14)9-6(4-12)2-3-7(8)9/h2,5,7,9,11-12,14H,3-4H2,1H3/t7-,9+,11?/m0/s1. The number of rotatable bonds is 2. The zero-order chi connectivity index (χ0) is 11.7. The van der Waals surface area contributed by atoms with Crippen LogP contribution in [0.4, 0.5) is 0 Å². The first kappa shape index (κ1) is 11.2. The van der Waals surface area contributed by atoms with E-state index in [1.54, 1.807) is 0 Å². The van der Waals surface area contributed by atoms with Crippen LogP contribution >= 0.6 is 0 Å². The molecule has 0 aromatic heterocycles. The van der Waals surface area contributed by atoms with Crippen LogP contribution in [0.25, 0.3) is 0 Å². The van der Waals surface area contributed by atoms with Gasteiger partial charge in [-0.2, -0.15) is 0 Å². The zero-order valence-electron chi connectivity index (χ0n) is 8.92. The van der Waals surface area contributed by atoms with Crippen molar-refractivity contribution in [2.45, 2.75) is 12.7 Å². The number of ether oxygens (including phenoxy) is 2. The summed E-state index contributed by atoms with van der Waals surface area (Å²) in [4.78, 5) is 11.5. The summed E-state index contributed by atoms with van der Waals surface area (Å²) in [6, 6.07) is 0. The normalized spacial score (nSPS) is 32.3. The average molecular weight is 226 g/mol. The number of allylic oxidation sites excluding steroid dienone is 1. The molecule has 0 saturated carbocycles. The second-order valence-corrected chi connectivity index (χ2v) is 3.90. The molecule has 0 radical (unpaired) electrons. The fourth-order valence-electron chi connectivity index (χ4n) is 2.32. The molecule has 0 amide bonds. The average Bonchev–Trinajstić information content (AvgIpc) is 2.73. The van der Waals surface area contributed by atoms with E-state index in [1.807, 2.05) is 6.08 Å². The summed E-state index contributed by atoms with van der Waals surface area (Å²) in [5.74, 6) is -0.947. The Bertz CT molecular complexity index is 357. The number of aliphatic hydroxyl groups excluding tert-OH is 2. The van der Waals surface area contributed by atoms with Crippen LogP contribution in [0.1, 0.15) is 6.42 Å². The van der Waals surface area contributed by atoms with Crippen molar-refractivity contribution in [2.24, 2.45) is 11.8 Å². The molecule has 0 bridgehead atoms. The Balaban J connectivity index is 2.26. The maximum absolute atomic E-state index is 11.5. The van der Waals surface area contributed by atoms with Gasteiger partial charge in [0.1, 0.15) is 0 Å². The third-order valence-electron chi connectivity index (χ3n) is 3.14. The maximum atomic E-state index is 11.5. The predicted molar refractivity (Wildman–Crippen MR) is 54.0 cm³/mol. The number of hydrogen-bond acceptors (Lipinski definition) is 5. The SMILES string of the molecule is COC(=O)C1=COC(O)[C@@H]2C(CO)=CC[C@@H]12. The lowest BCUT2D eigenvalue weighted by Gasteiger charge is -2.31. The minimum Gasteiger partial charge on any atom is -0.472 e. The van der Waals surface area contributed by atoms with Crippen molar-refractivity contribution in [2.75, 3.05) is 13.7 Å². The summed E-state index contributed by atoms with van der Waals surface area (Å²) >= 11 is 0. The van der Waals surface area contributed by atoms with Crippen molar-refractivity contribution in [1.82, 2.24) is 0 Å². The van der Waals surface area contributed by atoms with E-state index in [0.717, 1.165) is 0 Å². The fraction of sp³-hybridized carbons (Fsp3) is 0.545. The minimum atomic E-state index is -1.00. The zero-order valence-corrected chi connectivity index (χ0v) is 8.92. The number of aliphatic hydroxyl groups is 2. The summed E-state index contributed by atoms with van der Waals surface area (Å²) in [6.45, 7) is -0.129. The second kappa shape index (κ2) is 4.27. The highest BCUT2D eigenvalue weighted by molar-refractivity contribution is 5.89. The third kappa shape index (κ3) is 1.62. The molecule has 0 aromatic carbocycles. The van der Waals surface area contributed by atoms with Crippen molar-refractivity contribution in [3.8, 4) is 0 Å². The number of esters is 1. The van der Waals surface area contributed by atoms with Crippen LogP contribution in [0, 0.1) is 11.8 Å². The van der Waals surface area contributed by atoms with Crippen LogP contribution < -0.4 is 0 Å². The Hall–Kier alpha value is -1.33. The lowest BCUT2D eigenvalue weighted by Crippen LogP contribution is -2.35. The Labute approximate surface area is 93.0 Å². The molecule has 0 fully saturated rings. The molecule has 88 valence electrons. The van der Waals surface area contributed by atoms with E-state index in [1.165, 1.54) is 13.4 Å². The molecular weight excluding hydrogens is 212 g/mol. The number of methoxy groups -OCH3 is 1. The molecule has 5 heteroatoms. The highest BCUT2D eigenvalue weighted by atomic mass is 16.6. The van der Waals surface area contributed by atoms with Gasteiger partial charge < -0.3 is 19.7 Å². The smallest absolute Gasteiger partial charge is 0.337 e. The Morgan fingerprint density at radius 1 is 1.69 bits per heavy atom. The number of carbonyl (C=O) groups excluding carboxylic acids is 1. The van der Waals surface area contributed by atoms with E-state index in [9.17, 15) is 9.90 Å². The molecule has 5 nitrogen and oxygen atoms in total. The van der Waals surface area contributed by atoms with Crippen LogP contribution in [0.5, 0.6) is 0 Å². The molecule has 0 saturated heterocycles. The van der Waals surface area contributed by atoms with Crippen LogP contribution in [-0.4, -0.2) is 36.2 Å². The summed E-state index contributed by atoms with van der Waals surface area (Å²) in [6.07, 6.45) is 2.71. The molecule has 1 aliphatic heterocycles. The van der Waals surface area contributed by atoms with Gasteiger partial charge in [0.25, 0.3) is 0 Å². The van der Waals surface area contributed by atoms with Crippen LogP contribution in [0.3, 0.4) is 0 Å². The van der Waals surface area contributed by atoms with Gasteiger partial charge in [0.2, 0.25) is 6.29 Å². The lowest BCUT2D eigenvalue weighted by molar-refractivity contribution is -0.141. The largest absolute Gasteiger partial charge is 0.472 e. The predicted octanol–water partition coefficient (Wildman–Crippen LogP) is -0.0533. The van der Waals surface area contributed by atoms with Crippen molar-refractivity contribution in [3.05, 3.63) is 23.5 Å². The number of fused-ring (bicyclic) bond motifs is 1. The third-order valence-corrected chi connectivity index (χ3v) is 3.14. The molecule has 1 heterocycles. The first-order chi connectivity index (χ1) is 7.69. The molecule has 2 aliphatic rings. The topological polar surface area (TPSA) is 76.0 Å². The molecular formula is C11H14O5. The van der Waals surface area contributed by atoms with Crippen LogP contribution in [0.15, 0.2) is 23.5 Å². The quantitative estimate of drug-likeness (QED) is 0.510. The van der Waals surface area contributed by atoms with Crippen molar-refractivity contribution in [1.29, 1.82) is 0 Å². The lowest BCUT2D eigenvalue weighted by atomic mass is 9.83. The minimum absolute atomic E-state index is 0.129. The molecule has 2 rings (SSSR count). The fourth-order valence-corrected chi connectivity index (χ4v) is 2.32. The molecule has 16 heavy (non-hydrogen) atoms. The van der Waals surface area contributed by atoms with E-state index in [4.69, 9.17) is 9.84 Å². The van der Waals surface area contributed by atoms with Gasteiger partial charge in [0.15, 0.2) is 0 Å². The van der Waals surface area contributed by atoms with Gasteiger partial charge in [0.05, 0.1) is 31.5 Å². The Morgan fingerprint density at radius 3 is 3.06 bits per heavy atom. The van der Waals surface area contributed by atoms with Gasteiger partial charge in [-0.15, -0.1) is 0 Å². The molecule has 1 unspecified atom stereocenters. The van der Waals surface area contributed by atoms with Crippen LogP contribution in [-0.2, 0) is 14.3 Å². The van der Waals surface area contributed by atoms with E-state index in [-0.39, 0.29) is 18.4 Å². The highest BCUT2D eigenvalue weighted by Crippen LogP contribution is 2.42. The van der Waals surface area contributed by atoms with Gasteiger partial charge in [-0.3, -0.25) is 0 Å². The molecule has 1 aliphatic carbocycles. The first-order valence-electron chi connectivity index (χ1n) is 5.10. The van der Waals surface area contributed by atoms with Gasteiger partial charge in [-0.05, 0) is 12.0 Å². The Morgan fingerprint density at radius 2 is 2.44 bits per heavy atom. The van der Waals surface area contributed by atoms with Crippen molar-refractivity contribution >= 4 is 5.97 Å². The van der Waals surface area contributed by atoms with Crippen LogP contribution in [0.2, 0.25) is 0 Å². The monoisotopic (exact) mass is 226 g/mol. The van der Waals surface area contributed by atoms with Gasteiger partial charge in [-0.25, -0.2) is 4.79 Å². The summed E-state index contributed by atoms with van der Waals surface area (Å²) in [5, 5.41) is 18.8. The maximum Gasteiger partial charge on any atom is 0.337 e. The summed E-state index contributed by atoms with van der Waals surface area (Å²) < 4.78 is 9.65. The Kier molecular flexibility index (Phi) is 2.98. The molecule has 0 aromatic rings. The summed E-state index contributed by atoms with van der Waals surface area (Å²) in [7, 11) is 1.30. The van der Waals surface area contributed by atoms with E-state index in [0.29, 0.717) is 17.6 Å². The van der Waals surface area contributed by atoms with E-state index < -0.39 is 12.3 Å². The van der Waals surface area contributed by atoms with E-state index >= 15 is 0 Å². The molecule has 3 atom stereocenters. The van der Waals surface area contributed by atoms with Gasteiger partial charge in [-0.1, -0.05) is 6.08 Å². The molecule has 2 N–H and O–H groups in total. The number of carbonyl (C=O) groups is 1. The van der Waals surface area contributed by atoms with Crippen molar-refractivity contribution in [3.63, 3.8) is 0 Å².